The number of amides is 2. The molecule has 0 aromatic rings. The minimum atomic E-state index is -0.200. The number of carbonyl (C=O) groups excluding carboxylic acids is 2. The third kappa shape index (κ3) is 1.75. The Morgan fingerprint density at radius 1 is 1.14 bits per heavy atom. The van der Waals surface area contributed by atoms with Crippen LogP contribution in [0.1, 0.15) is 13.8 Å². The summed E-state index contributed by atoms with van der Waals surface area (Å²) in [6, 6.07) is 0. The van der Waals surface area contributed by atoms with E-state index >= 15 is 0 Å². The maximum absolute atomic E-state index is 11.5. The summed E-state index contributed by atoms with van der Waals surface area (Å²) in [4.78, 5) is 24.2. The van der Waals surface area contributed by atoms with E-state index < -0.39 is 0 Å². The Morgan fingerprint density at radius 2 is 1.64 bits per heavy atom. The summed E-state index contributed by atoms with van der Waals surface area (Å²) in [6.45, 7) is 4.07. The molecule has 0 fully saturated rings. The van der Waals surface area contributed by atoms with E-state index in [4.69, 9.17) is 5.73 Å². The molecule has 0 bridgehead atoms. The van der Waals surface area contributed by atoms with Gasteiger partial charge in [-0.2, -0.15) is 0 Å². The van der Waals surface area contributed by atoms with Crippen molar-refractivity contribution in [2.75, 3.05) is 13.1 Å². The fraction of sp³-hybridized carbons (Fsp3) is 0.400. The van der Waals surface area contributed by atoms with Crippen molar-refractivity contribution in [2.45, 2.75) is 13.8 Å². The highest BCUT2D eigenvalue weighted by atomic mass is 16.2. The summed E-state index contributed by atoms with van der Waals surface area (Å²) in [5.41, 5.74) is 6.33. The molecule has 4 heteroatoms. The molecule has 0 saturated carbocycles. The van der Waals surface area contributed by atoms with Crippen LogP contribution in [0.4, 0.5) is 0 Å². The lowest BCUT2D eigenvalue weighted by Gasteiger charge is -2.11. The van der Waals surface area contributed by atoms with Crippen LogP contribution in [0.2, 0.25) is 0 Å². The van der Waals surface area contributed by atoms with Crippen molar-refractivity contribution in [3.63, 3.8) is 0 Å². The standard InChI is InChI=1S/C10H14N2O2/c1-7-8(2)10(14)12(9(7)13)6-4-3-5-11/h3-4H,5-6,11H2,1-2H3/b4-3+. The van der Waals surface area contributed by atoms with Gasteiger partial charge in [-0.1, -0.05) is 12.2 Å². The van der Waals surface area contributed by atoms with Crippen molar-refractivity contribution in [3.05, 3.63) is 23.3 Å². The van der Waals surface area contributed by atoms with Crippen LogP contribution in [0.3, 0.4) is 0 Å². The van der Waals surface area contributed by atoms with Crippen LogP contribution < -0.4 is 5.73 Å². The Labute approximate surface area is 83.1 Å². The monoisotopic (exact) mass is 194 g/mol. The topological polar surface area (TPSA) is 63.4 Å². The third-order valence-corrected chi connectivity index (χ3v) is 2.29. The van der Waals surface area contributed by atoms with Gasteiger partial charge >= 0.3 is 0 Å². The lowest BCUT2D eigenvalue weighted by Crippen LogP contribution is -2.31. The second kappa shape index (κ2) is 4.19. The Bertz CT molecular complexity index is 305. The molecular weight excluding hydrogens is 180 g/mol. The average molecular weight is 194 g/mol. The molecule has 0 aliphatic carbocycles. The fourth-order valence-corrected chi connectivity index (χ4v) is 1.26. The van der Waals surface area contributed by atoms with Gasteiger partial charge in [0.1, 0.15) is 0 Å². The first-order chi connectivity index (χ1) is 6.59. The number of rotatable bonds is 3. The van der Waals surface area contributed by atoms with Gasteiger partial charge in [-0.05, 0) is 13.8 Å². The van der Waals surface area contributed by atoms with Crippen molar-refractivity contribution in [1.82, 2.24) is 4.90 Å². The van der Waals surface area contributed by atoms with Crippen LogP contribution >= 0.6 is 0 Å². The van der Waals surface area contributed by atoms with Crippen LogP contribution in [0.15, 0.2) is 23.3 Å². The second-order valence-corrected chi connectivity index (χ2v) is 3.18. The SMILES string of the molecule is CC1=C(C)C(=O)N(C/C=C/CN)C1=O. The lowest BCUT2D eigenvalue weighted by atomic mass is 10.2. The molecule has 0 spiro atoms. The van der Waals surface area contributed by atoms with E-state index in [1.165, 1.54) is 4.90 Å². The van der Waals surface area contributed by atoms with Crippen LogP contribution in [0.5, 0.6) is 0 Å². The summed E-state index contributed by atoms with van der Waals surface area (Å²) in [6.07, 6.45) is 3.45. The smallest absolute Gasteiger partial charge is 0.257 e. The predicted molar refractivity (Wildman–Crippen MR) is 53.3 cm³/mol. The molecule has 0 radical (unpaired) electrons. The van der Waals surface area contributed by atoms with Crippen molar-refractivity contribution in [3.8, 4) is 0 Å². The molecule has 76 valence electrons. The Kier molecular flexibility index (Phi) is 3.19. The van der Waals surface area contributed by atoms with Gasteiger partial charge in [0, 0.05) is 24.2 Å². The highest BCUT2D eigenvalue weighted by molar-refractivity contribution is 6.18. The van der Waals surface area contributed by atoms with Crippen molar-refractivity contribution >= 4 is 11.8 Å². The third-order valence-electron chi connectivity index (χ3n) is 2.29. The molecule has 2 amide bonds. The normalized spacial score (nSPS) is 17.8. The highest BCUT2D eigenvalue weighted by Gasteiger charge is 2.31. The van der Waals surface area contributed by atoms with Crippen LogP contribution in [0, 0.1) is 0 Å². The molecule has 2 N–H and O–H groups in total. The van der Waals surface area contributed by atoms with E-state index in [1.54, 1.807) is 26.0 Å². The van der Waals surface area contributed by atoms with E-state index in [2.05, 4.69) is 0 Å². The molecule has 0 aromatic heterocycles. The molecule has 1 aliphatic heterocycles. The molecular formula is C10H14N2O2. The zero-order chi connectivity index (χ0) is 10.7. The molecule has 14 heavy (non-hydrogen) atoms. The van der Waals surface area contributed by atoms with E-state index in [1.807, 2.05) is 0 Å². The average Bonchev–Trinajstić information content (AvgIpc) is 2.35. The minimum absolute atomic E-state index is 0.200. The number of nitrogens with two attached hydrogens (primary N) is 1. The van der Waals surface area contributed by atoms with Crippen molar-refractivity contribution in [1.29, 1.82) is 0 Å². The Balaban J connectivity index is 2.72. The molecule has 4 nitrogen and oxygen atoms in total. The van der Waals surface area contributed by atoms with Gasteiger partial charge in [0.2, 0.25) is 0 Å². The summed E-state index contributed by atoms with van der Waals surface area (Å²) < 4.78 is 0. The molecule has 1 rings (SSSR count). The molecule has 0 atom stereocenters. The Morgan fingerprint density at radius 3 is 2.07 bits per heavy atom. The molecule has 0 unspecified atom stereocenters. The molecule has 0 aromatic carbocycles. The first-order valence-electron chi connectivity index (χ1n) is 4.48. The van der Waals surface area contributed by atoms with Gasteiger partial charge in [-0.25, -0.2) is 0 Å². The number of hydrogen-bond acceptors (Lipinski definition) is 3. The molecule has 1 heterocycles. The largest absolute Gasteiger partial charge is 0.327 e. The number of nitrogens with zero attached hydrogens (tertiary/aromatic N) is 1. The lowest BCUT2D eigenvalue weighted by molar-refractivity contribution is -0.136. The van der Waals surface area contributed by atoms with E-state index in [0.29, 0.717) is 24.2 Å². The maximum Gasteiger partial charge on any atom is 0.257 e. The highest BCUT2D eigenvalue weighted by Crippen LogP contribution is 2.19. The fourth-order valence-electron chi connectivity index (χ4n) is 1.26. The summed E-state index contributed by atoms with van der Waals surface area (Å²) in [5, 5.41) is 0. The summed E-state index contributed by atoms with van der Waals surface area (Å²) in [7, 11) is 0. The van der Waals surface area contributed by atoms with E-state index in [-0.39, 0.29) is 11.8 Å². The van der Waals surface area contributed by atoms with Crippen LogP contribution in [-0.2, 0) is 9.59 Å². The predicted octanol–water partition coefficient (Wildman–Crippen LogP) is 0.207. The first kappa shape index (κ1) is 10.7. The van der Waals surface area contributed by atoms with Gasteiger partial charge in [-0.15, -0.1) is 0 Å². The van der Waals surface area contributed by atoms with Gasteiger partial charge in [0.25, 0.3) is 11.8 Å². The van der Waals surface area contributed by atoms with Gasteiger partial charge in [0.05, 0.1) is 0 Å². The number of imide groups is 1. The minimum Gasteiger partial charge on any atom is -0.327 e. The zero-order valence-electron chi connectivity index (χ0n) is 8.41. The Hall–Kier alpha value is -1.42. The second-order valence-electron chi connectivity index (χ2n) is 3.18. The van der Waals surface area contributed by atoms with E-state index in [0.717, 1.165) is 0 Å². The molecule has 1 aliphatic rings. The van der Waals surface area contributed by atoms with Crippen LogP contribution in [0.25, 0.3) is 0 Å². The quantitative estimate of drug-likeness (QED) is 0.516. The first-order valence-corrected chi connectivity index (χ1v) is 4.48. The number of carbonyl (C=O) groups is 2. The maximum atomic E-state index is 11.5. The summed E-state index contributed by atoms with van der Waals surface area (Å²) in [5.74, 6) is -0.400. The molecule has 0 saturated heterocycles. The zero-order valence-corrected chi connectivity index (χ0v) is 8.41. The van der Waals surface area contributed by atoms with Crippen molar-refractivity contribution < 1.29 is 9.59 Å². The van der Waals surface area contributed by atoms with Gasteiger partial charge in [-0.3, -0.25) is 14.5 Å². The van der Waals surface area contributed by atoms with Crippen LogP contribution in [-0.4, -0.2) is 29.8 Å². The number of hydrogen-bond donors (Lipinski definition) is 1. The van der Waals surface area contributed by atoms with Gasteiger partial charge in [0.15, 0.2) is 0 Å². The summed E-state index contributed by atoms with van der Waals surface area (Å²) >= 11 is 0. The van der Waals surface area contributed by atoms with Crippen molar-refractivity contribution in [2.24, 2.45) is 5.73 Å². The van der Waals surface area contributed by atoms with E-state index in [9.17, 15) is 9.59 Å². The van der Waals surface area contributed by atoms with Gasteiger partial charge < -0.3 is 5.73 Å².